The van der Waals surface area contributed by atoms with Crippen LogP contribution in [-0.2, 0) is 28.7 Å². The summed E-state index contributed by atoms with van der Waals surface area (Å²) in [4.78, 5) is 1.46. The molecule has 166 valence electrons. The van der Waals surface area contributed by atoms with Crippen molar-refractivity contribution in [3.63, 3.8) is 0 Å². The summed E-state index contributed by atoms with van der Waals surface area (Å²) in [5.74, 6) is 2.54. The number of aryl methyl sites for hydroxylation is 4. The molecule has 8 heteroatoms. The van der Waals surface area contributed by atoms with Crippen LogP contribution in [0, 0.1) is 13.8 Å². The Morgan fingerprint density at radius 1 is 1.06 bits per heavy atom. The first-order valence-electron chi connectivity index (χ1n) is 10.8. The molecule has 0 spiro atoms. The van der Waals surface area contributed by atoms with E-state index in [1.165, 1.54) is 4.80 Å². The molecule has 0 N–H and O–H groups in total. The number of tetrazole rings is 1. The number of furan rings is 1. The molecular formula is C23H30N4O4. The van der Waals surface area contributed by atoms with Crippen molar-refractivity contribution >= 4 is 0 Å². The summed E-state index contributed by atoms with van der Waals surface area (Å²) >= 11 is 0. The smallest absolute Gasteiger partial charge is 0.225 e. The molecule has 0 unspecified atom stereocenters. The zero-order valence-corrected chi connectivity index (χ0v) is 18.7. The van der Waals surface area contributed by atoms with Gasteiger partial charge in [0.05, 0.1) is 26.9 Å². The second-order valence-corrected chi connectivity index (χ2v) is 8.11. The quantitative estimate of drug-likeness (QED) is 0.476. The largest absolute Gasteiger partial charge is 0.493 e. The third-order valence-corrected chi connectivity index (χ3v) is 5.49. The van der Waals surface area contributed by atoms with Crippen LogP contribution in [-0.4, -0.2) is 40.0 Å². The van der Waals surface area contributed by atoms with Crippen molar-refractivity contribution < 1.29 is 18.6 Å². The molecule has 0 bridgehead atoms. The highest BCUT2D eigenvalue weighted by Crippen LogP contribution is 2.32. The zero-order valence-electron chi connectivity index (χ0n) is 18.7. The molecule has 4 rings (SSSR count). The monoisotopic (exact) mass is 426 g/mol. The predicted molar refractivity (Wildman–Crippen MR) is 115 cm³/mol. The molecule has 3 heterocycles. The molecule has 2 aromatic heterocycles. The molecule has 0 saturated carbocycles. The Morgan fingerprint density at radius 3 is 2.48 bits per heavy atom. The number of rotatable bonds is 9. The Morgan fingerprint density at radius 2 is 1.81 bits per heavy atom. The third-order valence-electron chi connectivity index (χ3n) is 5.49. The summed E-state index contributed by atoms with van der Waals surface area (Å²) in [5.41, 5.74) is 3.11. The lowest BCUT2D eigenvalue weighted by molar-refractivity contribution is -0.163. The fourth-order valence-corrected chi connectivity index (χ4v) is 3.87. The van der Waals surface area contributed by atoms with Crippen molar-refractivity contribution in [1.29, 1.82) is 0 Å². The summed E-state index contributed by atoms with van der Waals surface area (Å²) < 4.78 is 23.3. The van der Waals surface area contributed by atoms with Crippen LogP contribution in [0.2, 0.25) is 0 Å². The zero-order chi connectivity index (χ0) is 21.8. The van der Waals surface area contributed by atoms with Crippen LogP contribution >= 0.6 is 0 Å². The predicted octanol–water partition coefficient (Wildman–Crippen LogP) is 4.10. The van der Waals surface area contributed by atoms with E-state index in [1.54, 1.807) is 7.05 Å². The first-order chi connectivity index (χ1) is 14.9. The van der Waals surface area contributed by atoms with Crippen molar-refractivity contribution in [2.24, 2.45) is 7.05 Å². The van der Waals surface area contributed by atoms with E-state index in [0.29, 0.717) is 25.6 Å². The number of hydrogen-bond acceptors (Lipinski definition) is 7. The van der Waals surface area contributed by atoms with Crippen LogP contribution in [0.1, 0.15) is 48.8 Å². The number of aromatic nitrogens is 4. The van der Waals surface area contributed by atoms with E-state index in [1.807, 2.05) is 31.2 Å². The molecule has 1 aromatic carbocycles. The fraction of sp³-hybridized carbons (Fsp3) is 0.522. The van der Waals surface area contributed by atoms with Gasteiger partial charge in [0.1, 0.15) is 11.5 Å². The van der Waals surface area contributed by atoms with Gasteiger partial charge >= 0.3 is 0 Å². The lowest BCUT2D eigenvalue weighted by Crippen LogP contribution is -2.21. The van der Waals surface area contributed by atoms with Gasteiger partial charge < -0.3 is 18.6 Å². The Kier molecular flexibility index (Phi) is 6.38. The minimum Gasteiger partial charge on any atom is -0.493 e. The maximum Gasteiger partial charge on any atom is 0.225 e. The highest BCUT2D eigenvalue weighted by molar-refractivity contribution is 5.60. The standard InChI is InChI=1S/C23H30N4O4/c1-16-14-18(22-24-26-27(4)25-22)15-17(2)21(16)28-11-7-5-6-8-19-9-10-20(31-19)23(3)29-12-13-30-23/h9-10,14-15H,5-8,11-13H2,1-4H3. The van der Waals surface area contributed by atoms with E-state index in [0.717, 1.165) is 59.6 Å². The Hall–Kier alpha value is -2.71. The summed E-state index contributed by atoms with van der Waals surface area (Å²) in [6.45, 7) is 7.90. The summed E-state index contributed by atoms with van der Waals surface area (Å²) in [5, 5.41) is 12.3. The minimum atomic E-state index is -0.736. The molecule has 1 fully saturated rings. The molecule has 8 nitrogen and oxygen atoms in total. The lowest BCUT2D eigenvalue weighted by Gasteiger charge is -2.18. The SMILES string of the molecule is Cc1cc(-c2nnn(C)n2)cc(C)c1OCCCCCc1ccc(C2(C)OCCO2)o1. The van der Waals surface area contributed by atoms with Gasteiger partial charge in [-0.05, 0) is 80.6 Å². The van der Waals surface area contributed by atoms with Gasteiger partial charge in [-0.2, -0.15) is 4.80 Å². The van der Waals surface area contributed by atoms with Gasteiger partial charge in [-0.15, -0.1) is 10.2 Å². The van der Waals surface area contributed by atoms with Crippen molar-refractivity contribution in [3.8, 4) is 17.1 Å². The molecule has 0 atom stereocenters. The summed E-state index contributed by atoms with van der Waals surface area (Å²) in [6, 6.07) is 8.07. The maximum absolute atomic E-state index is 6.08. The van der Waals surface area contributed by atoms with Gasteiger partial charge in [0.25, 0.3) is 0 Å². The molecule has 0 aliphatic carbocycles. The van der Waals surface area contributed by atoms with Crippen molar-refractivity contribution in [2.45, 2.75) is 52.2 Å². The Labute approximate surface area is 182 Å². The van der Waals surface area contributed by atoms with Crippen LogP contribution < -0.4 is 4.74 Å². The van der Waals surface area contributed by atoms with Crippen LogP contribution in [0.25, 0.3) is 11.4 Å². The summed E-state index contributed by atoms with van der Waals surface area (Å²) in [7, 11) is 1.76. The van der Waals surface area contributed by atoms with Crippen LogP contribution in [0.4, 0.5) is 0 Å². The van der Waals surface area contributed by atoms with Crippen molar-refractivity contribution in [1.82, 2.24) is 20.2 Å². The first-order valence-corrected chi connectivity index (χ1v) is 10.8. The number of nitrogens with zero attached hydrogens (tertiary/aromatic N) is 4. The number of benzene rings is 1. The maximum atomic E-state index is 6.08. The van der Waals surface area contributed by atoms with Gasteiger partial charge in [-0.25, -0.2) is 0 Å². The van der Waals surface area contributed by atoms with E-state index in [4.69, 9.17) is 18.6 Å². The molecule has 1 aliphatic rings. The molecule has 0 radical (unpaired) electrons. The van der Waals surface area contributed by atoms with E-state index in [9.17, 15) is 0 Å². The van der Waals surface area contributed by atoms with Crippen molar-refractivity contribution in [2.75, 3.05) is 19.8 Å². The average molecular weight is 427 g/mol. The van der Waals surface area contributed by atoms with Gasteiger partial charge in [0.2, 0.25) is 11.6 Å². The lowest BCUT2D eigenvalue weighted by atomic mass is 10.1. The second kappa shape index (κ2) is 9.20. The van der Waals surface area contributed by atoms with E-state index in [2.05, 4.69) is 29.3 Å². The minimum absolute atomic E-state index is 0.603. The molecule has 3 aromatic rings. The average Bonchev–Trinajstić information content (AvgIpc) is 3.48. The topological polar surface area (TPSA) is 84.4 Å². The normalized spacial score (nSPS) is 15.5. The molecule has 0 amide bonds. The highest BCUT2D eigenvalue weighted by atomic mass is 16.7. The molecule has 1 aliphatic heterocycles. The molecule has 1 saturated heterocycles. The van der Waals surface area contributed by atoms with Gasteiger partial charge in [0.15, 0.2) is 5.76 Å². The molecule has 31 heavy (non-hydrogen) atoms. The van der Waals surface area contributed by atoms with Crippen LogP contribution in [0.15, 0.2) is 28.7 Å². The van der Waals surface area contributed by atoms with E-state index < -0.39 is 5.79 Å². The fourth-order valence-electron chi connectivity index (χ4n) is 3.87. The van der Waals surface area contributed by atoms with E-state index >= 15 is 0 Å². The van der Waals surface area contributed by atoms with Gasteiger partial charge in [0, 0.05) is 12.0 Å². The van der Waals surface area contributed by atoms with Gasteiger partial charge in [-0.1, -0.05) is 0 Å². The molecular weight excluding hydrogens is 396 g/mol. The van der Waals surface area contributed by atoms with E-state index in [-0.39, 0.29) is 0 Å². The Balaban J connectivity index is 1.22. The first kappa shape index (κ1) is 21.5. The number of unbranched alkanes of at least 4 members (excludes halogenated alkanes) is 2. The number of hydrogen-bond donors (Lipinski definition) is 0. The van der Waals surface area contributed by atoms with Crippen molar-refractivity contribution in [3.05, 3.63) is 46.9 Å². The van der Waals surface area contributed by atoms with Crippen LogP contribution in [0.5, 0.6) is 5.75 Å². The van der Waals surface area contributed by atoms with Gasteiger partial charge in [-0.3, -0.25) is 0 Å². The highest BCUT2D eigenvalue weighted by Gasteiger charge is 2.36. The summed E-state index contributed by atoms with van der Waals surface area (Å²) in [6.07, 6.45) is 4.00. The third kappa shape index (κ3) is 4.97. The number of ether oxygens (including phenoxy) is 3. The van der Waals surface area contributed by atoms with Crippen LogP contribution in [0.3, 0.4) is 0 Å². The Bertz CT molecular complexity index is 997. The second-order valence-electron chi connectivity index (χ2n) is 8.11.